The van der Waals surface area contributed by atoms with Crippen LogP contribution in [0.25, 0.3) is 22.5 Å². The molecule has 0 radical (unpaired) electrons. The Labute approximate surface area is 358 Å². The Balaban J connectivity index is 0.000000174. The molecular formula is C40H40Br2N6O5S4. The second-order valence-corrected chi connectivity index (χ2v) is 20.5. The SMILES string of the molecule is COc1ccc(-c2csc(N3CCN(S(=O)(=O)c4ccccc4Br)CC3)n2)cc1.Cc1ccc(-c2csc(N3CCN(S(=O)(=O)c4ccccc4Br)CC3)n2)cc1. The summed E-state index contributed by atoms with van der Waals surface area (Å²) in [4.78, 5) is 14.4. The van der Waals surface area contributed by atoms with Gasteiger partial charge in [0.2, 0.25) is 20.0 Å². The third kappa shape index (κ3) is 9.46. The van der Waals surface area contributed by atoms with Crippen LogP contribution >= 0.6 is 54.5 Å². The fourth-order valence-corrected chi connectivity index (χ4v) is 12.9. The molecule has 0 amide bonds. The van der Waals surface area contributed by atoms with Crippen LogP contribution in [0.15, 0.2) is 127 Å². The van der Waals surface area contributed by atoms with Gasteiger partial charge in [-0.15, -0.1) is 22.7 Å². The minimum absolute atomic E-state index is 0.310. The molecule has 11 nitrogen and oxygen atoms in total. The van der Waals surface area contributed by atoms with Gasteiger partial charge in [0.25, 0.3) is 0 Å². The number of ether oxygens (including phenoxy) is 1. The van der Waals surface area contributed by atoms with Crippen LogP contribution in [0.4, 0.5) is 10.3 Å². The van der Waals surface area contributed by atoms with E-state index in [0.717, 1.165) is 38.5 Å². The van der Waals surface area contributed by atoms with Crippen LogP contribution in [0.1, 0.15) is 5.56 Å². The monoisotopic (exact) mass is 970 g/mol. The van der Waals surface area contributed by atoms with Crippen molar-refractivity contribution in [1.82, 2.24) is 18.6 Å². The van der Waals surface area contributed by atoms with Gasteiger partial charge in [0.15, 0.2) is 10.3 Å². The highest BCUT2D eigenvalue weighted by atomic mass is 79.9. The molecule has 4 heterocycles. The van der Waals surface area contributed by atoms with Gasteiger partial charge in [-0.1, -0.05) is 54.1 Å². The Kier molecular flexibility index (Phi) is 13.2. The lowest BCUT2D eigenvalue weighted by molar-refractivity contribution is 0.384. The largest absolute Gasteiger partial charge is 0.497 e. The Hall–Kier alpha value is -3.68. The molecule has 0 N–H and O–H groups in total. The van der Waals surface area contributed by atoms with Crippen LogP contribution in [0.2, 0.25) is 0 Å². The first-order valence-electron chi connectivity index (χ1n) is 18.1. The third-order valence-electron chi connectivity index (χ3n) is 9.64. The molecule has 2 fully saturated rings. The van der Waals surface area contributed by atoms with Gasteiger partial charge < -0.3 is 14.5 Å². The molecule has 0 aliphatic carbocycles. The second kappa shape index (κ2) is 18.1. The zero-order chi connectivity index (χ0) is 40.2. The Bertz CT molecular complexity index is 2520. The Morgan fingerprint density at radius 3 is 1.33 bits per heavy atom. The molecule has 4 aromatic carbocycles. The average Bonchev–Trinajstić information content (AvgIpc) is 3.94. The van der Waals surface area contributed by atoms with Crippen molar-refractivity contribution >= 4 is 84.8 Å². The molecule has 2 aliphatic rings. The number of aryl methyl sites for hydroxylation is 1. The Morgan fingerprint density at radius 1 is 0.561 bits per heavy atom. The number of anilines is 2. The molecule has 2 aliphatic heterocycles. The lowest BCUT2D eigenvalue weighted by Crippen LogP contribution is -2.48. The van der Waals surface area contributed by atoms with E-state index in [1.165, 1.54) is 5.56 Å². The molecule has 0 unspecified atom stereocenters. The number of thiazole rings is 2. The normalized spacial score (nSPS) is 15.6. The lowest BCUT2D eigenvalue weighted by atomic mass is 10.1. The number of methoxy groups -OCH3 is 1. The van der Waals surface area contributed by atoms with E-state index in [9.17, 15) is 16.8 Å². The van der Waals surface area contributed by atoms with E-state index in [-0.39, 0.29) is 0 Å². The second-order valence-electron chi connectivity index (χ2n) is 13.3. The van der Waals surface area contributed by atoms with Gasteiger partial charge in [-0.25, -0.2) is 26.8 Å². The summed E-state index contributed by atoms with van der Waals surface area (Å²) in [6, 6.07) is 30.0. The van der Waals surface area contributed by atoms with Crippen molar-refractivity contribution < 1.29 is 21.6 Å². The number of nitrogens with zero attached hydrogens (tertiary/aromatic N) is 6. The Morgan fingerprint density at radius 2 is 0.947 bits per heavy atom. The molecule has 298 valence electrons. The van der Waals surface area contributed by atoms with E-state index >= 15 is 0 Å². The van der Waals surface area contributed by atoms with E-state index in [4.69, 9.17) is 14.7 Å². The predicted molar refractivity (Wildman–Crippen MR) is 237 cm³/mol. The summed E-state index contributed by atoms with van der Waals surface area (Å²) < 4.78 is 61.2. The number of rotatable bonds is 9. The van der Waals surface area contributed by atoms with E-state index in [0.29, 0.717) is 71.1 Å². The summed E-state index contributed by atoms with van der Waals surface area (Å²) in [5.41, 5.74) is 5.23. The van der Waals surface area contributed by atoms with Crippen molar-refractivity contribution in [2.24, 2.45) is 0 Å². The van der Waals surface area contributed by atoms with Crippen molar-refractivity contribution in [2.45, 2.75) is 16.7 Å². The number of halogens is 2. The van der Waals surface area contributed by atoms with E-state index in [1.54, 1.807) is 74.8 Å². The zero-order valence-electron chi connectivity index (χ0n) is 31.2. The van der Waals surface area contributed by atoms with Crippen molar-refractivity contribution in [2.75, 3.05) is 69.3 Å². The highest BCUT2D eigenvalue weighted by molar-refractivity contribution is 9.10. The van der Waals surface area contributed by atoms with Gasteiger partial charge in [-0.3, -0.25) is 0 Å². The highest BCUT2D eigenvalue weighted by Crippen LogP contribution is 2.32. The van der Waals surface area contributed by atoms with E-state index < -0.39 is 20.0 Å². The summed E-state index contributed by atoms with van der Waals surface area (Å²) in [5.74, 6) is 0.812. The zero-order valence-corrected chi connectivity index (χ0v) is 37.6. The molecule has 0 bridgehead atoms. The van der Waals surface area contributed by atoms with Gasteiger partial charge in [-0.2, -0.15) is 8.61 Å². The smallest absolute Gasteiger partial charge is 0.244 e. The summed E-state index contributed by atoms with van der Waals surface area (Å²) in [7, 11) is -5.36. The average molecular weight is 973 g/mol. The van der Waals surface area contributed by atoms with Crippen LogP contribution in [-0.4, -0.2) is 94.9 Å². The van der Waals surface area contributed by atoms with Crippen LogP contribution in [0.3, 0.4) is 0 Å². The molecule has 0 atom stereocenters. The maximum Gasteiger partial charge on any atom is 0.244 e. The molecule has 8 rings (SSSR count). The lowest BCUT2D eigenvalue weighted by Gasteiger charge is -2.33. The molecule has 17 heteroatoms. The third-order valence-corrected chi connectivity index (χ3v) is 17.3. The minimum atomic E-state index is -3.51. The summed E-state index contributed by atoms with van der Waals surface area (Å²) >= 11 is 9.88. The molecular weight excluding hydrogens is 933 g/mol. The van der Waals surface area contributed by atoms with Crippen LogP contribution < -0.4 is 14.5 Å². The van der Waals surface area contributed by atoms with E-state index in [1.807, 2.05) is 41.8 Å². The fourth-order valence-electron chi connectivity index (χ4n) is 6.40. The summed E-state index contributed by atoms with van der Waals surface area (Å²) in [6.07, 6.45) is 0. The number of hydrogen-bond donors (Lipinski definition) is 0. The first-order valence-corrected chi connectivity index (χ1v) is 24.3. The number of benzene rings is 4. The molecule has 57 heavy (non-hydrogen) atoms. The van der Waals surface area contributed by atoms with Crippen LogP contribution in [0, 0.1) is 6.92 Å². The quantitative estimate of drug-likeness (QED) is 0.141. The van der Waals surface area contributed by atoms with E-state index in [2.05, 4.69) is 78.2 Å². The van der Waals surface area contributed by atoms with Gasteiger partial charge in [0.05, 0.1) is 28.3 Å². The van der Waals surface area contributed by atoms with Crippen LogP contribution in [0.5, 0.6) is 5.75 Å². The molecule has 0 spiro atoms. The predicted octanol–water partition coefficient (Wildman–Crippen LogP) is 8.48. The standard InChI is InChI=1S/C20H20BrN3O3S2.C20H20BrN3O2S2/c1-27-16-8-6-15(7-9-16)18-14-28-20(22-18)23-10-12-24(13-11-23)29(25,26)19-5-3-2-4-17(19)21;1-15-6-8-16(9-7-15)18-14-27-20(22-18)23-10-12-24(13-11-23)28(25,26)19-5-3-2-4-17(19)21/h2-9,14H,10-13H2,1H3;2-9,14H,10-13H2,1H3. The number of sulfonamides is 2. The van der Waals surface area contributed by atoms with Gasteiger partial charge in [0.1, 0.15) is 5.75 Å². The van der Waals surface area contributed by atoms with Gasteiger partial charge >= 0.3 is 0 Å². The van der Waals surface area contributed by atoms with Gasteiger partial charge in [-0.05, 0) is 87.3 Å². The number of aromatic nitrogens is 2. The fraction of sp³-hybridized carbons (Fsp3) is 0.250. The van der Waals surface area contributed by atoms with Crippen molar-refractivity contribution in [3.63, 3.8) is 0 Å². The maximum atomic E-state index is 12.9. The molecule has 6 aromatic rings. The first kappa shape index (κ1) is 41.5. The topological polar surface area (TPSA) is 116 Å². The summed E-state index contributed by atoms with van der Waals surface area (Å²) in [6.45, 7) is 6.31. The molecule has 0 saturated carbocycles. The molecule has 2 aromatic heterocycles. The van der Waals surface area contributed by atoms with Crippen molar-refractivity contribution in [1.29, 1.82) is 0 Å². The van der Waals surface area contributed by atoms with Gasteiger partial charge in [0, 0.05) is 83.2 Å². The molecule has 2 saturated heterocycles. The highest BCUT2D eigenvalue weighted by Gasteiger charge is 2.32. The number of piperazine rings is 2. The minimum Gasteiger partial charge on any atom is -0.497 e. The summed E-state index contributed by atoms with van der Waals surface area (Å²) in [5, 5.41) is 5.94. The van der Waals surface area contributed by atoms with Crippen molar-refractivity contribution in [3.8, 4) is 28.3 Å². The van der Waals surface area contributed by atoms with Crippen molar-refractivity contribution in [3.05, 3.63) is 122 Å². The van der Waals surface area contributed by atoms with Crippen LogP contribution in [-0.2, 0) is 20.0 Å². The maximum absolute atomic E-state index is 12.9. The number of hydrogen-bond acceptors (Lipinski definition) is 11. The first-order chi connectivity index (χ1) is 27.4.